The van der Waals surface area contributed by atoms with Crippen LogP contribution in [0.3, 0.4) is 0 Å². The zero-order valence-electron chi connectivity index (χ0n) is 9.07. The number of hydrogen-bond acceptors (Lipinski definition) is 2. The Kier molecular flexibility index (Phi) is 3.04. The monoisotopic (exact) mass is 207 g/mol. The fourth-order valence-electron chi connectivity index (χ4n) is 1.59. The maximum absolute atomic E-state index is 11.6. The first-order valence-corrected chi connectivity index (χ1v) is 5.56. The summed E-state index contributed by atoms with van der Waals surface area (Å²) in [7, 11) is 0. The summed E-state index contributed by atoms with van der Waals surface area (Å²) in [6, 6.07) is 0. The fourth-order valence-corrected chi connectivity index (χ4v) is 1.59. The maximum Gasteiger partial charge on any atom is 0.239 e. The zero-order chi connectivity index (χ0) is 10.7. The molecule has 1 N–H and O–H groups in total. The summed E-state index contributed by atoms with van der Waals surface area (Å²) in [5.41, 5.74) is 0. The second-order valence-corrected chi connectivity index (χ2v) is 4.07. The summed E-state index contributed by atoms with van der Waals surface area (Å²) in [4.78, 5) is 15.7. The molecule has 15 heavy (non-hydrogen) atoms. The Morgan fingerprint density at radius 2 is 2.47 bits per heavy atom. The van der Waals surface area contributed by atoms with E-state index < -0.39 is 0 Å². The van der Waals surface area contributed by atoms with Gasteiger partial charge in [0.1, 0.15) is 12.4 Å². The molecule has 1 aliphatic carbocycles. The molecule has 0 atom stereocenters. The predicted octanol–water partition coefficient (Wildman–Crippen LogP) is 0.972. The average Bonchev–Trinajstić information content (AvgIpc) is 2.96. The van der Waals surface area contributed by atoms with Crippen LogP contribution < -0.4 is 5.32 Å². The van der Waals surface area contributed by atoms with Gasteiger partial charge in [0.05, 0.1) is 0 Å². The van der Waals surface area contributed by atoms with E-state index in [1.807, 2.05) is 17.7 Å². The number of hydrogen-bond donors (Lipinski definition) is 1. The van der Waals surface area contributed by atoms with Gasteiger partial charge in [0.2, 0.25) is 5.91 Å². The molecule has 0 unspecified atom stereocenters. The molecule has 1 heterocycles. The van der Waals surface area contributed by atoms with E-state index in [4.69, 9.17) is 0 Å². The van der Waals surface area contributed by atoms with Crippen LogP contribution in [0.5, 0.6) is 0 Å². The molecule has 1 saturated carbocycles. The molecule has 0 radical (unpaired) electrons. The van der Waals surface area contributed by atoms with E-state index in [-0.39, 0.29) is 5.91 Å². The lowest BCUT2D eigenvalue weighted by Gasteiger charge is -2.07. The lowest BCUT2D eigenvalue weighted by Crippen LogP contribution is -2.29. The SMILES string of the molecule is CCc1nccn1CC(=O)NCC1CC1. The Bertz CT molecular complexity index is 341. The van der Waals surface area contributed by atoms with E-state index in [1.165, 1.54) is 12.8 Å². The molecule has 82 valence electrons. The Morgan fingerprint density at radius 1 is 1.67 bits per heavy atom. The molecule has 4 heteroatoms. The van der Waals surface area contributed by atoms with E-state index >= 15 is 0 Å². The first kappa shape index (κ1) is 10.2. The van der Waals surface area contributed by atoms with Crippen molar-refractivity contribution in [1.29, 1.82) is 0 Å². The molecule has 1 aromatic heterocycles. The number of amides is 1. The molecule has 1 aliphatic rings. The highest BCUT2D eigenvalue weighted by atomic mass is 16.1. The summed E-state index contributed by atoms with van der Waals surface area (Å²) in [5.74, 6) is 1.80. The molecule has 1 amide bonds. The second-order valence-electron chi connectivity index (χ2n) is 4.07. The molecule has 0 aliphatic heterocycles. The third kappa shape index (κ3) is 2.81. The quantitative estimate of drug-likeness (QED) is 0.782. The smallest absolute Gasteiger partial charge is 0.239 e. The Balaban J connectivity index is 1.81. The molecular formula is C11H17N3O. The number of nitrogens with zero attached hydrogens (tertiary/aromatic N) is 2. The first-order chi connectivity index (χ1) is 7.29. The van der Waals surface area contributed by atoms with Gasteiger partial charge in [-0.05, 0) is 18.8 Å². The number of carbonyl (C=O) groups excluding carboxylic acids is 1. The zero-order valence-corrected chi connectivity index (χ0v) is 9.07. The van der Waals surface area contributed by atoms with Crippen molar-refractivity contribution in [3.63, 3.8) is 0 Å². The standard InChI is InChI=1S/C11H17N3O/c1-2-10-12-5-6-14(10)8-11(15)13-7-9-3-4-9/h5-6,9H,2-4,7-8H2,1H3,(H,13,15). The summed E-state index contributed by atoms with van der Waals surface area (Å²) < 4.78 is 1.90. The molecule has 1 fully saturated rings. The highest BCUT2D eigenvalue weighted by Gasteiger charge is 2.21. The van der Waals surface area contributed by atoms with Crippen molar-refractivity contribution in [3.8, 4) is 0 Å². The van der Waals surface area contributed by atoms with Crippen molar-refractivity contribution in [1.82, 2.24) is 14.9 Å². The van der Waals surface area contributed by atoms with Crippen LogP contribution in [0.2, 0.25) is 0 Å². The van der Waals surface area contributed by atoms with Crippen LogP contribution in [0, 0.1) is 5.92 Å². The molecule has 1 aromatic rings. The average molecular weight is 207 g/mol. The van der Waals surface area contributed by atoms with Crippen molar-refractivity contribution < 1.29 is 4.79 Å². The molecule has 0 saturated heterocycles. The van der Waals surface area contributed by atoms with Gasteiger partial charge in [0.15, 0.2) is 0 Å². The number of nitrogens with one attached hydrogen (secondary N) is 1. The third-order valence-electron chi connectivity index (χ3n) is 2.72. The molecule has 0 aromatic carbocycles. The van der Waals surface area contributed by atoms with Crippen molar-refractivity contribution in [2.75, 3.05) is 6.54 Å². The predicted molar refractivity (Wildman–Crippen MR) is 57.3 cm³/mol. The fraction of sp³-hybridized carbons (Fsp3) is 0.636. The minimum Gasteiger partial charge on any atom is -0.354 e. The third-order valence-corrected chi connectivity index (χ3v) is 2.72. The van der Waals surface area contributed by atoms with Crippen molar-refractivity contribution >= 4 is 5.91 Å². The molecule has 0 bridgehead atoms. The van der Waals surface area contributed by atoms with E-state index in [0.717, 1.165) is 24.7 Å². The van der Waals surface area contributed by atoms with Gasteiger partial charge in [-0.2, -0.15) is 0 Å². The van der Waals surface area contributed by atoms with Crippen LogP contribution in [0.4, 0.5) is 0 Å². The largest absolute Gasteiger partial charge is 0.354 e. The Labute approximate surface area is 89.7 Å². The minimum absolute atomic E-state index is 0.0922. The van der Waals surface area contributed by atoms with Crippen LogP contribution in [0.15, 0.2) is 12.4 Å². The van der Waals surface area contributed by atoms with Crippen LogP contribution in [-0.2, 0) is 17.8 Å². The van der Waals surface area contributed by atoms with E-state index in [0.29, 0.717) is 6.54 Å². The van der Waals surface area contributed by atoms with Crippen molar-refractivity contribution in [2.24, 2.45) is 5.92 Å². The normalized spacial score (nSPS) is 15.3. The van der Waals surface area contributed by atoms with Gasteiger partial charge < -0.3 is 9.88 Å². The van der Waals surface area contributed by atoms with Crippen LogP contribution in [0.1, 0.15) is 25.6 Å². The van der Waals surface area contributed by atoms with Gasteiger partial charge in [0.25, 0.3) is 0 Å². The van der Waals surface area contributed by atoms with Gasteiger partial charge in [-0.3, -0.25) is 4.79 Å². The van der Waals surface area contributed by atoms with Gasteiger partial charge in [-0.15, -0.1) is 0 Å². The lowest BCUT2D eigenvalue weighted by atomic mass is 10.4. The highest BCUT2D eigenvalue weighted by molar-refractivity contribution is 5.75. The summed E-state index contributed by atoms with van der Waals surface area (Å²) in [5, 5.41) is 2.95. The van der Waals surface area contributed by atoms with Gasteiger partial charge >= 0.3 is 0 Å². The topological polar surface area (TPSA) is 46.9 Å². The van der Waals surface area contributed by atoms with Gasteiger partial charge in [-0.25, -0.2) is 4.98 Å². The van der Waals surface area contributed by atoms with Crippen molar-refractivity contribution in [3.05, 3.63) is 18.2 Å². The Morgan fingerprint density at radius 3 is 3.13 bits per heavy atom. The minimum atomic E-state index is 0.0922. The first-order valence-electron chi connectivity index (χ1n) is 5.56. The summed E-state index contributed by atoms with van der Waals surface area (Å²) in [6.07, 6.45) is 7.00. The lowest BCUT2D eigenvalue weighted by molar-refractivity contribution is -0.121. The van der Waals surface area contributed by atoms with Crippen molar-refractivity contribution in [2.45, 2.75) is 32.7 Å². The van der Waals surface area contributed by atoms with E-state index in [1.54, 1.807) is 6.20 Å². The second kappa shape index (κ2) is 4.47. The number of aromatic nitrogens is 2. The number of imidazole rings is 1. The van der Waals surface area contributed by atoms with Crippen LogP contribution in [-0.4, -0.2) is 22.0 Å². The van der Waals surface area contributed by atoms with Crippen LogP contribution in [0.25, 0.3) is 0 Å². The maximum atomic E-state index is 11.6. The molecule has 0 spiro atoms. The van der Waals surface area contributed by atoms with Crippen LogP contribution >= 0.6 is 0 Å². The van der Waals surface area contributed by atoms with Gasteiger partial charge in [0, 0.05) is 25.4 Å². The van der Waals surface area contributed by atoms with E-state index in [9.17, 15) is 4.79 Å². The number of rotatable bonds is 5. The number of aryl methyl sites for hydroxylation is 1. The number of carbonyl (C=O) groups is 1. The van der Waals surface area contributed by atoms with E-state index in [2.05, 4.69) is 10.3 Å². The summed E-state index contributed by atoms with van der Waals surface area (Å²) in [6.45, 7) is 3.28. The Hall–Kier alpha value is -1.32. The molecule has 2 rings (SSSR count). The summed E-state index contributed by atoms with van der Waals surface area (Å²) >= 11 is 0. The van der Waals surface area contributed by atoms with Gasteiger partial charge in [-0.1, -0.05) is 6.92 Å². The molecular weight excluding hydrogens is 190 g/mol. The highest BCUT2D eigenvalue weighted by Crippen LogP contribution is 2.27. The molecule has 4 nitrogen and oxygen atoms in total.